The fourth-order valence-corrected chi connectivity index (χ4v) is 2.82. The van der Waals surface area contributed by atoms with Gasteiger partial charge >= 0.3 is 0 Å². The highest BCUT2D eigenvalue weighted by molar-refractivity contribution is 7.92. The molecule has 5 nitrogen and oxygen atoms in total. The molecule has 0 aliphatic rings. The molecule has 0 fully saturated rings. The lowest BCUT2D eigenvalue weighted by Crippen LogP contribution is -2.36. The van der Waals surface area contributed by atoms with Gasteiger partial charge in [-0.3, -0.25) is 4.72 Å². The van der Waals surface area contributed by atoms with Crippen LogP contribution in [-0.2, 0) is 10.0 Å². The van der Waals surface area contributed by atoms with Crippen molar-refractivity contribution in [3.8, 4) is 5.75 Å². The summed E-state index contributed by atoms with van der Waals surface area (Å²) in [5.74, 6) is 0.813. The summed E-state index contributed by atoms with van der Waals surface area (Å²) in [4.78, 5) is 0. The number of benzene rings is 2. The van der Waals surface area contributed by atoms with Gasteiger partial charge in [0.2, 0.25) is 10.0 Å². The maximum atomic E-state index is 11.4. The summed E-state index contributed by atoms with van der Waals surface area (Å²) in [5.41, 5.74) is 1.85. The van der Waals surface area contributed by atoms with Crippen LogP contribution < -0.4 is 14.8 Å². The van der Waals surface area contributed by atoms with Crippen LogP contribution in [0.5, 0.6) is 5.75 Å². The van der Waals surface area contributed by atoms with E-state index in [0.29, 0.717) is 12.2 Å². The number of anilines is 2. The van der Waals surface area contributed by atoms with Crippen molar-refractivity contribution >= 4 is 21.4 Å². The Morgan fingerprint density at radius 1 is 1.08 bits per heavy atom. The predicted molar refractivity (Wildman–Crippen MR) is 99.3 cm³/mol. The van der Waals surface area contributed by atoms with Gasteiger partial charge in [0.05, 0.1) is 18.5 Å². The third-order valence-corrected chi connectivity index (χ3v) is 3.98. The van der Waals surface area contributed by atoms with Crippen LogP contribution in [0, 0.1) is 6.92 Å². The summed E-state index contributed by atoms with van der Waals surface area (Å²) in [6.45, 7) is 6.43. The van der Waals surface area contributed by atoms with E-state index in [1.165, 1.54) is 0 Å². The molecule has 0 heterocycles. The van der Waals surface area contributed by atoms with Gasteiger partial charge in [0.15, 0.2) is 0 Å². The second kappa shape index (κ2) is 7.13. The van der Waals surface area contributed by atoms with Crippen molar-refractivity contribution < 1.29 is 13.2 Å². The highest BCUT2D eigenvalue weighted by atomic mass is 32.2. The Morgan fingerprint density at radius 2 is 1.75 bits per heavy atom. The maximum absolute atomic E-state index is 11.4. The van der Waals surface area contributed by atoms with E-state index < -0.39 is 15.6 Å². The van der Waals surface area contributed by atoms with Crippen LogP contribution in [0.1, 0.15) is 19.4 Å². The summed E-state index contributed by atoms with van der Waals surface area (Å²) in [7, 11) is -3.30. The Hall–Kier alpha value is -2.21. The molecule has 2 aromatic rings. The van der Waals surface area contributed by atoms with Crippen LogP contribution >= 0.6 is 0 Å². The molecule has 0 radical (unpaired) electrons. The first kappa shape index (κ1) is 18.1. The molecule has 24 heavy (non-hydrogen) atoms. The topological polar surface area (TPSA) is 67.4 Å². The molecular formula is C18H24N2O3S. The SMILES string of the molecule is Cc1ccc(NCC(C)(C)Oc2ccccc2)cc1NS(C)(=O)=O. The van der Waals surface area contributed by atoms with Crippen molar-refractivity contribution in [2.45, 2.75) is 26.4 Å². The van der Waals surface area contributed by atoms with Crippen molar-refractivity contribution in [1.82, 2.24) is 0 Å². The molecule has 0 saturated heterocycles. The van der Waals surface area contributed by atoms with Crippen molar-refractivity contribution in [1.29, 1.82) is 0 Å². The highest BCUT2D eigenvalue weighted by Crippen LogP contribution is 2.23. The van der Waals surface area contributed by atoms with Gasteiger partial charge in [-0.15, -0.1) is 0 Å². The van der Waals surface area contributed by atoms with E-state index >= 15 is 0 Å². The minimum absolute atomic E-state index is 0.420. The molecule has 2 N–H and O–H groups in total. The van der Waals surface area contributed by atoms with Crippen molar-refractivity contribution in [2.24, 2.45) is 0 Å². The molecule has 0 atom stereocenters. The summed E-state index contributed by atoms with van der Waals surface area (Å²) < 4.78 is 31.4. The van der Waals surface area contributed by atoms with Crippen LogP contribution in [0.15, 0.2) is 48.5 Å². The van der Waals surface area contributed by atoms with Crippen LogP contribution in [0.4, 0.5) is 11.4 Å². The van der Waals surface area contributed by atoms with Crippen molar-refractivity contribution in [2.75, 3.05) is 22.8 Å². The first-order chi connectivity index (χ1) is 11.1. The van der Waals surface area contributed by atoms with E-state index in [0.717, 1.165) is 23.3 Å². The summed E-state index contributed by atoms with van der Waals surface area (Å²) in [6.07, 6.45) is 1.14. The molecular weight excluding hydrogens is 324 g/mol. The fraction of sp³-hybridized carbons (Fsp3) is 0.333. The number of rotatable bonds is 7. The molecule has 0 aliphatic heterocycles. The Kier molecular flexibility index (Phi) is 5.39. The quantitative estimate of drug-likeness (QED) is 0.802. The van der Waals surface area contributed by atoms with Gasteiger partial charge < -0.3 is 10.1 Å². The van der Waals surface area contributed by atoms with E-state index in [1.807, 2.05) is 63.2 Å². The molecule has 0 unspecified atom stereocenters. The van der Waals surface area contributed by atoms with Gasteiger partial charge in [-0.2, -0.15) is 0 Å². The summed E-state index contributed by atoms with van der Waals surface area (Å²) in [5, 5.41) is 3.30. The number of hydrogen-bond acceptors (Lipinski definition) is 4. The van der Waals surface area contributed by atoms with E-state index in [2.05, 4.69) is 10.0 Å². The average molecular weight is 348 g/mol. The number of ether oxygens (including phenoxy) is 1. The molecule has 0 bridgehead atoms. The Balaban J connectivity index is 2.04. The molecule has 2 rings (SSSR count). The zero-order chi connectivity index (χ0) is 17.8. The summed E-state index contributed by atoms with van der Waals surface area (Å²) >= 11 is 0. The van der Waals surface area contributed by atoms with Crippen LogP contribution in [-0.4, -0.2) is 26.8 Å². The lowest BCUT2D eigenvalue weighted by molar-refractivity contribution is 0.123. The third kappa shape index (κ3) is 5.77. The molecule has 6 heteroatoms. The van der Waals surface area contributed by atoms with Gasteiger partial charge in [0, 0.05) is 5.69 Å². The van der Waals surface area contributed by atoms with E-state index in [9.17, 15) is 8.42 Å². The van der Waals surface area contributed by atoms with Gasteiger partial charge in [0.25, 0.3) is 0 Å². The standard InChI is InChI=1S/C18H24N2O3S/c1-14-10-11-15(12-17(14)20-24(4,21)22)19-13-18(2,3)23-16-8-6-5-7-9-16/h5-12,19-20H,13H2,1-4H3. The van der Waals surface area contributed by atoms with Crippen molar-refractivity contribution in [3.63, 3.8) is 0 Å². The lowest BCUT2D eigenvalue weighted by atomic mass is 10.1. The molecule has 2 aromatic carbocycles. The molecule has 130 valence electrons. The number of nitrogens with one attached hydrogen (secondary N) is 2. The Bertz CT molecular complexity index is 787. The van der Waals surface area contributed by atoms with E-state index in [-0.39, 0.29) is 0 Å². The first-order valence-corrected chi connectivity index (χ1v) is 9.60. The van der Waals surface area contributed by atoms with E-state index in [1.54, 1.807) is 6.07 Å². The predicted octanol–water partition coefficient (Wildman–Crippen LogP) is 3.64. The highest BCUT2D eigenvalue weighted by Gasteiger charge is 2.19. The first-order valence-electron chi connectivity index (χ1n) is 7.71. The molecule has 0 saturated carbocycles. The van der Waals surface area contributed by atoms with Crippen LogP contribution in [0.3, 0.4) is 0 Å². The third-order valence-electron chi connectivity index (χ3n) is 3.39. The minimum atomic E-state index is -3.30. The van der Waals surface area contributed by atoms with E-state index in [4.69, 9.17) is 4.74 Å². The molecule has 0 spiro atoms. The molecule has 0 amide bonds. The van der Waals surface area contributed by atoms with Gasteiger partial charge in [0.1, 0.15) is 11.4 Å². The number of sulfonamides is 1. The zero-order valence-corrected chi connectivity index (χ0v) is 15.3. The second-order valence-corrected chi connectivity index (χ2v) is 8.18. The number of aryl methyl sites for hydroxylation is 1. The Morgan fingerprint density at radius 3 is 2.38 bits per heavy atom. The largest absolute Gasteiger partial charge is 0.486 e. The Labute approximate surface area is 144 Å². The van der Waals surface area contributed by atoms with Crippen LogP contribution in [0.25, 0.3) is 0 Å². The monoisotopic (exact) mass is 348 g/mol. The molecule has 0 aliphatic carbocycles. The normalized spacial score (nSPS) is 11.8. The zero-order valence-electron chi connectivity index (χ0n) is 14.5. The van der Waals surface area contributed by atoms with Crippen molar-refractivity contribution in [3.05, 3.63) is 54.1 Å². The smallest absolute Gasteiger partial charge is 0.229 e. The average Bonchev–Trinajstić information content (AvgIpc) is 2.47. The number of hydrogen-bond donors (Lipinski definition) is 2. The lowest BCUT2D eigenvalue weighted by Gasteiger charge is -2.27. The molecule has 0 aromatic heterocycles. The van der Waals surface area contributed by atoms with Gasteiger partial charge in [-0.25, -0.2) is 8.42 Å². The fourth-order valence-electron chi connectivity index (χ4n) is 2.20. The minimum Gasteiger partial charge on any atom is -0.486 e. The maximum Gasteiger partial charge on any atom is 0.229 e. The van der Waals surface area contributed by atoms with Crippen LogP contribution in [0.2, 0.25) is 0 Å². The second-order valence-electron chi connectivity index (χ2n) is 6.43. The number of para-hydroxylation sites is 1. The van der Waals surface area contributed by atoms with Gasteiger partial charge in [-0.05, 0) is 50.6 Å². The summed E-state index contributed by atoms with van der Waals surface area (Å²) in [6, 6.07) is 15.2. The van der Waals surface area contributed by atoms with Gasteiger partial charge in [-0.1, -0.05) is 24.3 Å².